The largest absolute Gasteiger partial charge is 0.484 e. The number of hydrazone groups is 1. The second-order valence-electron chi connectivity index (χ2n) is 4.48. The van der Waals surface area contributed by atoms with Gasteiger partial charge in [-0.2, -0.15) is 5.10 Å². The first-order chi connectivity index (χ1) is 10.5. The number of nitrogens with one attached hydrogen (secondary N) is 1. The molecule has 0 aliphatic heterocycles. The van der Waals surface area contributed by atoms with E-state index in [0.29, 0.717) is 16.5 Å². The summed E-state index contributed by atoms with van der Waals surface area (Å²) in [5.74, 6) is 0.299. The van der Waals surface area contributed by atoms with Crippen LogP contribution in [0.4, 0.5) is 0 Å². The highest BCUT2D eigenvalue weighted by Crippen LogP contribution is 2.15. The zero-order chi connectivity index (χ0) is 15.9. The Hall–Kier alpha value is -1.85. The van der Waals surface area contributed by atoms with Crippen LogP contribution in [0.5, 0.6) is 5.75 Å². The molecule has 0 fully saturated rings. The van der Waals surface area contributed by atoms with Gasteiger partial charge in [-0.3, -0.25) is 4.79 Å². The molecule has 4 nitrogen and oxygen atoms in total. The van der Waals surface area contributed by atoms with Gasteiger partial charge in [-0.1, -0.05) is 39.7 Å². The van der Waals surface area contributed by atoms with Crippen molar-refractivity contribution >= 4 is 39.1 Å². The van der Waals surface area contributed by atoms with Gasteiger partial charge in [-0.25, -0.2) is 5.43 Å². The summed E-state index contributed by atoms with van der Waals surface area (Å²) < 4.78 is 6.31. The third kappa shape index (κ3) is 5.16. The van der Waals surface area contributed by atoms with E-state index in [-0.39, 0.29) is 12.5 Å². The van der Waals surface area contributed by atoms with Gasteiger partial charge in [0.2, 0.25) is 0 Å². The normalized spacial score (nSPS) is 11.1. The van der Waals surface area contributed by atoms with Crippen molar-refractivity contribution in [3.05, 3.63) is 63.6 Å². The third-order valence-corrected chi connectivity index (χ3v) is 3.57. The van der Waals surface area contributed by atoms with E-state index in [9.17, 15) is 4.79 Å². The van der Waals surface area contributed by atoms with E-state index in [1.165, 1.54) is 0 Å². The van der Waals surface area contributed by atoms with Gasteiger partial charge in [0.05, 0.1) is 5.71 Å². The van der Waals surface area contributed by atoms with Crippen LogP contribution in [0, 0.1) is 0 Å². The van der Waals surface area contributed by atoms with Gasteiger partial charge in [-0.05, 0) is 48.9 Å². The van der Waals surface area contributed by atoms with Crippen molar-refractivity contribution in [2.75, 3.05) is 6.61 Å². The lowest BCUT2D eigenvalue weighted by atomic mass is 10.1. The monoisotopic (exact) mass is 380 g/mol. The Bertz CT molecular complexity index is 670. The number of carbonyl (C=O) groups is 1. The fourth-order valence-electron chi connectivity index (χ4n) is 1.61. The molecule has 0 saturated heterocycles. The second kappa shape index (κ2) is 7.96. The van der Waals surface area contributed by atoms with E-state index in [1.54, 1.807) is 31.2 Å². The van der Waals surface area contributed by atoms with Crippen molar-refractivity contribution in [2.24, 2.45) is 5.10 Å². The number of amides is 1. The van der Waals surface area contributed by atoms with Gasteiger partial charge >= 0.3 is 0 Å². The van der Waals surface area contributed by atoms with Gasteiger partial charge in [0, 0.05) is 9.50 Å². The molecule has 1 N–H and O–H groups in total. The van der Waals surface area contributed by atoms with Crippen LogP contribution >= 0.6 is 27.5 Å². The fraction of sp³-hybridized carbons (Fsp3) is 0.125. The van der Waals surface area contributed by atoms with Gasteiger partial charge in [-0.15, -0.1) is 0 Å². The molecular formula is C16H14BrClN2O2. The number of hydrogen-bond donors (Lipinski definition) is 1. The van der Waals surface area contributed by atoms with Crippen LogP contribution in [0.1, 0.15) is 12.5 Å². The van der Waals surface area contributed by atoms with E-state index in [4.69, 9.17) is 16.3 Å². The summed E-state index contributed by atoms with van der Waals surface area (Å²) in [6, 6.07) is 14.5. The number of benzene rings is 2. The minimum Gasteiger partial charge on any atom is -0.484 e. The maximum Gasteiger partial charge on any atom is 0.277 e. The van der Waals surface area contributed by atoms with Crippen LogP contribution in [-0.4, -0.2) is 18.2 Å². The molecule has 22 heavy (non-hydrogen) atoms. The molecule has 0 radical (unpaired) electrons. The van der Waals surface area contributed by atoms with E-state index >= 15 is 0 Å². The third-order valence-electron chi connectivity index (χ3n) is 2.79. The highest BCUT2D eigenvalue weighted by atomic mass is 79.9. The number of ether oxygens (including phenoxy) is 1. The molecule has 0 bridgehead atoms. The molecule has 0 spiro atoms. The molecule has 0 saturated carbocycles. The molecule has 0 unspecified atom stereocenters. The van der Waals surface area contributed by atoms with Gasteiger partial charge < -0.3 is 4.74 Å². The zero-order valence-corrected chi connectivity index (χ0v) is 14.2. The summed E-state index contributed by atoms with van der Waals surface area (Å²) in [6.07, 6.45) is 0. The lowest BCUT2D eigenvalue weighted by Gasteiger charge is -2.06. The molecule has 2 aromatic rings. The highest BCUT2D eigenvalue weighted by Gasteiger charge is 2.03. The van der Waals surface area contributed by atoms with Crippen LogP contribution in [0.2, 0.25) is 5.02 Å². The topological polar surface area (TPSA) is 50.7 Å². The SMILES string of the molecule is C/C(=N\NC(=O)COc1ccc(Br)cc1)c1ccc(Cl)cc1. The maximum atomic E-state index is 11.7. The molecule has 114 valence electrons. The molecule has 2 rings (SSSR count). The first kappa shape index (κ1) is 16.5. The Kier molecular flexibility index (Phi) is 5.98. The molecule has 6 heteroatoms. The highest BCUT2D eigenvalue weighted by molar-refractivity contribution is 9.10. The van der Waals surface area contributed by atoms with Gasteiger partial charge in [0.25, 0.3) is 5.91 Å². The molecule has 0 atom stereocenters. The summed E-state index contributed by atoms with van der Waals surface area (Å²) in [4.78, 5) is 11.7. The average molecular weight is 382 g/mol. The molecule has 0 aromatic heterocycles. The van der Waals surface area contributed by atoms with Crippen LogP contribution in [0.15, 0.2) is 58.1 Å². The summed E-state index contributed by atoms with van der Waals surface area (Å²) in [5, 5.41) is 4.69. The van der Waals surface area contributed by atoms with E-state index in [2.05, 4.69) is 26.5 Å². The second-order valence-corrected chi connectivity index (χ2v) is 5.83. The first-order valence-electron chi connectivity index (χ1n) is 6.52. The molecule has 1 amide bonds. The smallest absolute Gasteiger partial charge is 0.277 e. The summed E-state index contributed by atoms with van der Waals surface area (Å²) in [7, 11) is 0. The average Bonchev–Trinajstić information content (AvgIpc) is 2.52. The van der Waals surface area contributed by atoms with Crippen molar-refractivity contribution in [3.8, 4) is 5.75 Å². The number of nitrogens with zero attached hydrogens (tertiary/aromatic N) is 1. The lowest BCUT2D eigenvalue weighted by molar-refractivity contribution is -0.123. The molecule has 2 aromatic carbocycles. The number of rotatable bonds is 5. The van der Waals surface area contributed by atoms with Crippen molar-refractivity contribution in [2.45, 2.75) is 6.92 Å². The lowest BCUT2D eigenvalue weighted by Crippen LogP contribution is -2.25. The van der Waals surface area contributed by atoms with Crippen molar-refractivity contribution in [3.63, 3.8) is 0 Å². The van der Waals surface area contributed by atoms with E-state index < -0.39 is 0 Å². The minimum absolute atomic E-state index is 0.0982. The van der Waals surface area contributed by atoms with Crippen LogP contribution in [-0.2, 0) is 4.79 Å². The predicted octanol–water partition coefficient (Wildman–Crippen LogP) is 4.02. The number of hydrogen-bond acceptors (Lipinski definition) is 3. The van der Waals surface area contributed by atoms with Crippen molar-refractivity contribution in [1.82, 2.24) is 5.43 Å². The molecular weight excluding hydrogens is 368 g/mol. The Morgan fingerprint density at radius 3 is 2.45 bits per heavy atom. The fourth-order valence-corrected chi connectivity index (χ4v) is 2.00. The molecule has 0 heterocycles. The van der Waals surface area contributed by atoms with Gasteiger partial charge in [0.15, 0.2) is 6.61 Å². The standard InChI is InChI=1S/C16H14BrClN2O2/c1-11(12-2-6-14(18)7-3-12)19-20-16(21)10-22-15-8-4-13(17)5-9-15/h2-9H,10H2,1H3,(H,20,21)/b19-11+. The van der Waals surface area contributed by atoms with E-state index in [1.807, 2.05) is 24.3 Å². The zero-order valence-electron chi connectivity index (χ0n) is 11.8. The predicted molar refractivity (Wildman–Crippen MR) is 91.4 cm³/mol. The number of halogens is 2. The quantitative estimate of drug-likeness (QED) is 0.628. The Morgan fingerprint density at radius 2 is 1.82 bits per heavy atom. The summed E-state index contributed by atoms with van der Waals surface area (Å²) >= 11 is 9.16. The summed E-state index contributed by atoms with van der Waals surface area (Å²) in [5.41, 5.74) is 4.04. The molecule has 0 aliphatic rings. The van der Waals surface area contributed by atoms with Crippen LogP contribution < -0.4 is 10.2 Å². The van der Waals surface area contributed by atoms with Crippen LogP contribution in [0.25, 0.3) is 0 Å². The maximum absolute atomic E-state index is 11.7. The summed E-state index contributed by atoms with van der Waals surface area (Å²) in [6.45, 7) is 1.71. The van der Waals surface area contributed by atoms with Crippen molar-refractivity contribution < 1.29 is 9.53 Å². The van der Waals surface area contributed by atoms with Gasteiger partial charge in [0.1, 0.15) is 5.75 Å². The Labute approximate surface area is 142 Å². The molecule has 0 aliphatic carbocycles. The Morgan fingerprint density at radius 1 is 1.18 bits per heavy atom. The van der Waals surface area contributed by atoms with Crippen molar-refractivity contribution in [1.29, 1.82) is 0 Å². The Balaban J connectivity index is 1.85. The van der Waals surface area contributed by atoms with Crippen LogP contribution in [0.3, 0.4) is 0 Å². The van der Waals surface area contributed by atoms with E-state index in [0.717, 1.165) is 10.0 Å². The minimum atomic E-state index is -0.323. The first-order valence-corrected chi connectivity index (χ1v) is 7.69. The number of carbonyl (C=O) groups excluding carboxylic acids is 1.